The number of H-pyrrole nitrogens is 1. The van der Waals surface area contributed by atoms with E-state index in [-0.39, 0.29) is 10.9 Å². The Labute approximate surface area is 85.3 Å². The summed E-state index contributed by atoms with van der Waals surface area (Å²) in [5.74, 6) is -2.19. The number of hydrogen-bond donors (Lipinski definition) is 1. The van der Waals surface area contributed by atoms with Crippen LogP contribution in [0.2, 0.25) is 0 Å². The third-order valence-corrected chi connectivity index (χ3v) is 1.93. The molecule has 1 N–H and O–H groups in total. The van der Waals surface area contributed by atoms with E-state index in [0.717, 1.165) is 0 Å². The van der Waals surface area contributed by atoms with Crippen LogP contribution < -0.4 is 11.4 Å². The van der Waals surface area contributed by atoms with Gasteiger partial charge < -0.3 is 4.42 Å². The van der Waals surface area contributed by atoms with Gasteiger partial charge in [0.15, 0.2) is 0 Å². The van der Waals surface area contributed by atoms with Crippen molar-refractivity contribution in [3.63, 3.8) is 0 Å². The summed E-state index contributed by atoms with van der Waals surface area (Å²) in [6, 6.07) is 1.41. The van der Waals surface area contributed by atoms with Crippen molar-refractivity contribution in [3.8, 4) is 0 Å². The molecule has 0 saturated carbocycles. The van der Waals surface area contributed by atoms with E-state index in [4.69, 9.17) is 0 Å². The van der Waals surface area contributed by atoms with Gasteiger partial charge in [0, 0.05) is 12.1 Å². The van der Waals surface area contributed by atoms with E-state index in [9.17, 15) is 24.1 Å². The molecule has 0 atom stereocenters. The van der Waals surface area contributed by atoms with Gasteiger partial charge >= 0.3 is 17.1 Å². The van der Waals surface area contributed by atoms with Crippen molar-refractivity contribution >= 4 is 16.6 Å². The topological polar surface area (TPSA) is 106 Å². The lowest BCUT2D eigenvalue weighted by molar-refractivity contribution is -0.387. The van der Waals surface area contributed by atoms with Gasteiger partial charge in [0.25, 0.3) is 0 Å². The molecule has 0 spiro atoms. The molecule has 8 heteroatoms. The minimum atomic E-state index is -1.14. The first-order valence-corrected chi connectivity index (χ1v) is 4.00. The highest BCUT2D eigenvalue weighted by Gasteiger charge is 2.17. The summed E-state index contributed by atoms with van der Waals surface area (Å²) in [6.07, 6.45) is 0. The largest absolute Gasteiger partial charge is 0.419 e. The quantitative estimate of drug-likeness (QED) is 0.563. The summed E-state index contributed by atoms with van der Waals surface area (Å²) >= 11 is 0. The van der Waals surface area contributed by atoms with Crippen LogP contribution in [0.4, 0.5) is 10.1 Å². The predicted molar refractivity (Wildman–Crippen MR) is 49.7 cm³/mol. The van der Waals surface area contributed by atoms with Crippen molar-refractivity contribution in [2.75, 3.05) is 0 Å². The van der Waals surface area contributed by atoms with Crippen LogP contribution in [-0.4, -0.2) is 9.91 Å². The van der Waals surface area contributed by atoms with Crippen molar-refractivity contribution in [2.24, 2.45) is 0 Å². The van der Waals surface area contributed by atoms with E-state index >= 15 is 0 Å². The fraction of sp³-hybridized carbons (Fsp3) is 0. The third kappa shape index (κ3) is 1.45. The Morgan fingerprint density at radius 3 is 2.69 bits per heavy atom. The van der Waals surface area contributed by atoms with Gasteiger partial charge in [0.2, 0.25) is 5.82 Å². The lowest BCUT2D eigenvalue weighted by Gasteiger charge is -1.96. The summed E-state index contributed by atoms with van der Waals surface area (Å²) in [5.41, 5.74) is -2.06. The number of rotatable bonds is 1. The summed E-state index contributed by atoms with van der Waals surface area (Å²) in [7, 11) is 0. The van der Waals surface area contributed by atoms with Crippen molar-refractivity contribution in [1.82, 2.24) is 4.98 Å². The first-order valence-electron chi connectivity index (χ1n) is 4.00. The van der Waals surface area contributed by atoms with Crippen molar-refractivity contribution in [3.05, 3.63) is 49.0 Å². The zero-order valence-electron chi connectivity index (χ0n) is 7.52. The number of nitro benzene ring substituents is 1. The average molecular weight is 226 g/mol. The zero-order chi connectivity index (χ0) is 11.9. The van der Waals surface area contributed by atoms with Crippen LogP contribution in [0, 0.1) is 15.9 Å². The van der Waals surface area contributed by atoms with Crippen molar-refractivity contribution in [2.45, 2.75) is 0 Å². The number of fused-ring (bicyclic) bond motifs is 1. The summed E-state index contributed by atoms with van der Waals surface area (Å²) in [6.45, 7) is 0. The Morgan fingerprint density at radius 1 is 1.38 bits per heavy atom. The van der Waals surface area contributed by atoms with Gasteiger partial charge in [-0.25, -0.2) is 9.59 Å². The normalized spacial score (nSPS) is 10.6. The molecule has 0 aliphatic carbocycles. The maximum atomic E-state index is 13.1. The van der Waals surface area contributed by atoms with Crippen molar-refractivity contribution < 1.29 is 13.7 Å². The molecule has 1 aromatic carbocycles. The number of halogens is 1. The molecule has 0 radical (unpaired) electrons. The van der Waals surface area contributed by atoms with E-state index in [1.807, 2.05) is 0 Å². The second-order valence-electron chi connectivity index (χ2n) is 2.91. The van der Waals surface area contributed by atoms with Crippen LogP contribution in [0.1, 0.15) is 0 Å². The minimum absolute atomic E-state index is 0.149. The van der Waals surface area contributed by atoms with Gasteiger partial charge in [-0.2, -0.15) is 4.39 Å². The molecule has 0 amide bonds. The molecule has 0 saturated heterocycles. The molecular weight excluding hydrogens is 223 g/mol. The Bertz CT molecular complexity index is 702. The number of benzene rings is 1. The predicted octanol–water partition coefficient (Wildman–Crippen LogP) is 0.529. The molecule has 1 aromatic heterocycles. The maximum Gasteiger partial charge on any atom is 0.419 e. The molecule has 0 unspecified atom stereocenters. The number of aromatic nitrogens is 1. The molecule has 0 aliphatic heterocycles. The van der Waals surface area contributed by atoms with Gasteiger partial charge in [-0.3, -0.25) is 15.1 Å². The molecule has 16 heavy (non-hydrogen) atoms. The first-order chi connectivity index (χ1) is 7.49. The van der Waals surface area contributed by atoms with Crippen LogP contribution in [0.3, 0.4) is 0 Å². The second kappa shape index (κ2) is 3.26. The fourth-order valence-corrected chi connectivity index (χ4v) is 1.25. The SMILES string of the molecule is O=c1[nH]c2cc(F)c([N+](=O)[O-])cc2c(=O)o1. The fourth-order valence-electron chi connectivity index (χ4n) is 1.25. The van der Waals surface area contributed by atoms with Gasteiger partial charge in [-0.1, -0.05) is 0 Å². The molecule has 1 heterocycles. The molecule has 7 nitrogen and oxygen atoms in total. The monoisotopic (exact) mass is 226 g/mol. The van der Waals surface area contributed by atoms with Crippen LogP contribution in [0.5, 0.6) is 0 Å². The smallest absolute Gasteiger partial charge is 0.372 e. The van der Waals surface area contributed by atoms with Crippen molar-refractivity contribution in [1.29, 1.82) is 0 Å². The second-order valence-corrected chi connectivity index (χ2v) is 2.91. The molecule has 2 aromatic rings. The highest BCUT2D eigenvalue weighted by Crippen LogP contribution is 2.20. The number of nitrogens with zero attached hydrogens (tertiary/aromatic N) is 1. The van der Waals surface area contributed by atoms with E-state index < -0.39 is 27.8 Å². The first kappa shape index (κ1) is 10.0. The summed E-state index contributed by atoms with van der Waals surface area (Å²) in [4.78, 5) is 33.4. The maximum absolute atomic E-state index is 13.1. The molecule has 0 aliphatic rings. The molecule has 82 valence electrons. The Balaban J connectivity index is 2.96. The van der Waals surface area contributed by atoms with Crippen LogP contribution in [0.15, 0.2) is 26.1 Å². The Hall–Kier alpha value is -2.51. The van der Waals surface area contributed by atoms with Crippen LogP contribution in [0.25, 0.3) is 10.9 Å². The van der Waals surface area contributed by atoms with E-state index in [1.54, 1.807) is 0 Å². The number of nitrogens with one attached hydrogen (secondary N) is 1. The van der Waals surface area contributed by atoms with E-state index in [0.29, 0.717) is 12.1 Å². The van der Waals surface area contributed by atoms with Gasteiger partial charge in [-0.15, -0.1) is 0 Å². The van der Waals surface area contributed by atoms with E-state index in [2.05, 4.69) is 9.40 Å². The average Bonchev–Trinajstić information content (AvgIpc) is 2.15. The van der Waals surface area contributed by atoms with Crippen LogP contribution >= 0.6 is 0 Å². The van der Waals surface area contributed by atoms with Gasteiger partial charge in [-0.05, 0) is 0 Å². The number of aromatic amines is 1. The van der Waals surface area contributed by atoms with Gasteiger partial charge in [0.1, 0.15) is 0 Å². The summed E-state index contributed by atoms with van der Waals surface area (Å²) < 4.78 is 17.3. The third-order valence-electron chi connectivity index (χ3n) is 1.93. The molecule has 0 bridgehead atoms. The molecule has 0 fully saturated rings. The summed E-state index contributed by atoms with van der Waals surface area (Å²) in [5, 5.41) is 10.1. The Kier molecular flexibility index (Phi) is 2.04. The molecular formula is C8H3FN2O5. The number of hydrogen-bond acceptors (Lipinski definition) is 5. The lowest BCUT2D eigenvalue weighted by atomic mass is 10.2. The standard InChI is InChI=1S/C8H3FN2O5/c9-4-2-5-3(1-6(4)11(14)15)7(12)16-8(13)10-5/h1-2H,(H,10,13). The lowest BCUT2D eigenvalue weighted by Crippen LogP contribution is -2.14. The minimum Gasteiger partial charge on any atom is -0.372 e. The Morgan fingerprint density at radius 2 is 2.06 bits per heavy atom. The highest BCUT2D eigenvalue weighted by atomic mass is 19.1. The number of nitro groups is 1. The highest BCUT2D eigenvalue weighted by molar-refractivity contribution is 5.79. The molecule has 2 rings (SSSR count). The van der Waals surface area contributed by atoms with E-state index in [1.165, 1.54) is 0 Å². The van der Waals surface area contributed by atoms with Gasteiger partial charge in [0.05, 0.1) is 15.8 Å². The zero-order valence-corrected chi connectivity index (χ0v) is 7.52. The van der Waals surface area contributed by atoms with Crippen LogP contribution in [-0.2, 0) is 0 Å².